The zero-order valence-electron chi connectivity index (χ0n) is 28.4. The van der Waals surface area contributed by atoms with Crippen LogP contribution in [0.5, 0.6) is 0 Å². The van der Waals surface area contributed by atoms with Crippen molar-refractivity contribution >= 4 is 28.4 Å². The van der Waals surface area contributed by atoms with Gasteiger partial charge in [-0.05, 0) is 44.5 Å². The molecule has 1 amide bonds. The Kier molecular flexibility index (Phi) is 6.15. The number of nitrogens with two attached hydrogens (primary N) is 1. The van der Waals surface area contributed by atoms with Gasteiger partial charge in [0.15, 0.2) is 5.82 Å². The summed E-state index contributed by atoms with van der Waals surface area (Å²) < 4.78 is 88.5. The van der Waals surface area contributed by atoms with Crippen LogP contribution in [0.25, 0.3) is 11.0 Å². The average Bonchev–Trinajstić information content (AvgIpc) is 3.01. The van der Waals surface area contributed by atoms with Crippen molar-refractivity contribution in [1.29, 1.82) is 0 Å². The second-order valence-corrected chi connectivity index (χ2v) is 9.79. The van der Waals surface area contributed by atoms with Gasteiger partial charge in [-0.1, -0.05) is 17.9 Å². The predicted molar refractivity (Wildman–Crippen MR) is 154 cm³/mol. The Morgan fingerprint density at radius 2 is 1.79 bits per heavy atom. The Hall–Kier alpha value is -4.60. The SMILES string of the molecule is [2H]C([2H])([2H])c1nc2c(C#Cc3cncc(C(=O)Nc4ccc(CN5CCN(C)CC5)c(C(F)(F)F)c4)c3)cnc(N)c2nc1C([2H])([2H])[2H]. The number of fused-ring (bicyclic) bond motifs is 1. The second-order valence-electron chi connectivity index (χ2n) is 9.79. The minimum absolute atomic E-state index is 0.00367. The molecule has 0 aliphatic carbocycles. The molecule has 1 aliphatic heterocycles. The molecule has 0 radical (unpaired) electrons. The number of halogens is 3. The molecule has 9 nitrogen and oxygen atoms in total. The number of hydrogen-bond acceptors (Lipinski definition) is 8. The molecule has 4 aromatic rings. The molecule has 0 saturated carbocycles. The minimum Gasteiger partial charge on any atom is -0.382 e. The lowest BCUT2D eigenvalue weighted by Gasteiger charge is -2.33. The summed E-state index contributed by atoms with van der Waals surface area (Å²) in [5, 5.41) is 2.49. The molecule has 1 aliphatic rings. The highest BCUT2D eigenvalue weighted by Gasteiger charge is 2.34. The molecule has 5 rings (SSSR count). The van der Waals surface area contributed by atoms with Crippen molar-refractivity contribution in [1.82, 2.24) is 29.7 Å². The summed E-state index contributed by atoms with van der Waals surface area (Å²) in [7, 11) is 1.96. The van der Waals surface area contributed by atoms with Crippen LogP contribution in [0.2, 0.25) is 0 Å². The number of carbonyl (C=O) groups excluding carboxylic acids is 1. The maximum absolute atomic E-state index is 14.0. The summed E-state index contributed by atoms with van der Waals surface area (Å²) in [6.45, 7) is -2.87. The zero-order chi connectivity index (χ0) is 35.0. The number of rotatable bonds is 4. The van der Waals surface area contributed by atoms with Crippen molar-refractivity contribution in [2.24, 2.45) is 0 Å². The molecule has 1 saturated heterocycles. The summed E-state index contributed by atoms with van der Waals surface area (Å²) in [5.41, 5.74) is 3.71. The van der Waals surface area contributed by atoms with Crippen LogP contribution in [0.4, 0.5) is 24.7 Å². The fourth-order valence-electron chi connectivity index (χ4n) is 4.43. The highest BCUT2D eigenvalue weighted by Crippen LogP contribution is 2.34. The molecule has 12 heteroatoms. The van der Waals surface area contributed by atoms with E-state index in [-0.39, 0.29) is 51.3 Å². The predicted octanol–water partition coefficient (Wildman–Crippen LogP) is 4.04. The van der Waals surface area contributed by atoms with Crippen LogP contribution in [0, 0.1) is 25.5 Å². The lowest BCUT2D eigenvalue weighted by Crippen LogP contribution is -2.44. The molecule has 3 aromatic heterocycles. The number of benzene rings is 1. The first-order valence-corrected chi connectivity index (χ1v) is 12.8. The first kappa shape index (κ1) is 22.1. The number of carbonyl (C=O) groups is 1. The largest absolute Gasteiger partial charge is 0.416 e. The van der Waals surface area contributed by atoms with Gasteiger partial charge >= 0.3 is 6.18 Å². The van der Waals surface area contributed by atoms with E-state index < -0.39 is 42.7 Å². The number of alkyl halides is 3. The molecule has 0 unspecified atom stereocenters. The van der Waals surface area contributed by atoms with E-state index in [9.17, 15) is 18.0 Å². The molecular weight excluding hydrogens is 545 g/mol. The molecule has 4 heterocycles. The molecule has 1 aromatic carbocycles. The molecular formula is C30H29F3N8O. The van der Waals surface area contributed by atoms with Crippen LogP contribution in [0.1, 0.15) is 52.2 Å². The number of pyridine rings is 2. The van der Waals surface area contributed by atoms with Gasteiger partial charge in [0.2, 0.25) is 0 Å². The number of likely N-dealkylation sites (N-methyl/N-ethyl adjacent to an activating group) is 1. The van der Waals surface area contributed by atoms with Crippen molar-refractivity contribution in [2.45, 2.75) is 26.4 Å². The van der Waals surface area contributed by atoms with Crippen molar-refractivity contribution in [3.8, 4) is 11.8 Å². The maximum atomic E-state index is 14.0. The standard InChI is InChI=1S/C30H29F3N8O/c1-18-19(2)38-27-26(37-18)21(16-36-28(27)34)5-4-20-12-23(15-35-14-20)29(42)39-24-7-6-22(25(13-24)30(31,32)33)17-41-10-8-40(3)9-11-41/h6-7,12-16H,8-11,17H2,1-3H3,(H2,34,36)(H,39,42)/i1D3,2D3. The Morgan fingerprint density at radius 3 is 2.50 bits per heavy atom. The van der Waals surface area contributed by atoms with Gasteiger partial charge in [0.05, 0.1) is 28.1 Å². The van der Waals surface area contributed by atoms with Gasteiger partial charge in [0, 0.05) is 70.8 Å². The first-order valence-electron chi connectivity index (χ1n) is 15.8. The summed E-state index contributed by atoms with van der Waals surface area (Å²) in [6.07, 6.45) is -0.869. The molecule has 216 valence electrons. The Morgan fingerprint density at radius 1 is 1.05 bits per heavy atom. The number of piperazine rings is 1. The Balaban J connectivity index is 1.41. The molecule has 42 heavy (non-hydrogen) atoms. The number of amides is 1. The molecule has 0 spiro atoms. The third-order valence-electron chi connectivity index (χ3n) is 6.73. The number of nitrogen functional groups attached to an aromatic ring is 1. The summed E-state index contributed by atoms with van der Waals surface area (Å²) in [5.74, 6) is 4.60. The summed E-state index contributed by atoms with van der Waals surface area (Å²) in [4.78, 5) is 33.2. The Labute approximate surface area is 249 Å². The fraction of sp³-hybridized carbons (Fsp3) is 0.300. The van der Waals surface area contributed by atoms with Gasteiger partial charge in [-0.3, -0.25) is 14.7 Å². The molecule has 1 fully saturated rings. The van der Waals surface area contributed by atoms with E-state index in [0.717, 1.165) is 19.2 Å². The van der Waals surface area contributed by atoms with Crippen molar-refractivity contribution in [2.75, 3.05) is 44.3 Å². The van der Waals surface area contributed by atoms with Crippen molar-refractivity contribution in [3.63, 3.8) is 0 Å². The van der Waals surface area contributed by atoms with E-state index in [2.05, 4.69) is 42.0 Å². The summed E-state index contributed by atoms with van der Waals surface area (Å²) >= 11 is 0. The van der Waals surface area contributed by atoms with E-state index in [0.29, 0.717) is 13.1 Å². The topological polar surface area (TPSA) is 113 Å². The van der Waals surface area contributed by atoms with Gasteiger partial charge in [-0.2, -0.15) is 13.2 Å². The lowest BCUT2D eigenvalue weighted by molar-refractivity contribution is -0.138. The fourth-order valence-corrected chi connectivity index (χ4v) is 4.43. The molecule has 3 N–H and O–H groups in total. The molecule has 0 atom stereocenters. The Bertz CT molecular complexity index is 1930. The van der Waals surface area contributed by atoms with E-state index in [1.54, 1.807) is 0 Å². The van der Waals surface area contributed by atoms with Gasteiger partial charge in [0.25, 0.3) is 5.91 Å². The van der Waals surface area contributed by atoms with E-state index in [1.807, 2.05) is 11.9 Å². The summed E-state index contributed by atoms with van der Waals surface area (Å²) in [6, 6.07) is 5.05. The average molecular weight is 581 g/mol. The lowest BCUT2D eigenvalue weighted by atomic mass is 10.0. The number of nitrogens with zero attached hydrogens (tertiary/aromatic N) is 6. The second kappa shape index (κ2) is 11.7. The monoisotopic (exact) mass is 580 g/mol. The van der Waals surface area contributed by atoms with Gasteiger partial charge in [0.1, 0.15) is 11.0 Å². The van der Waals surface area contributed by atoms with E-state index in [4.69, 9.17) is 14.0 Å². The van der Waals surface area contributed by atoms with Crippen LogP contribution >= 0.6 is 0 Å². The van der Waals surface area contributed by atoms with Crippen LogP contribution in [-0.4, -0.2) is 68.9 Å². The highest BCUT2D eigenvalue weighted by atomic mass is 19.4. The number of nitrogens with one attached hydrogen (secondary N) is 1. The quantitative estimate of drug-likeness (QED) is 0.348. The van der Waals surface area contributed by atoms with Gasteiger partial charge in [-0.15, -0.1) is 0 Å². The minimum atomic E-state index is -4.64. The zero-order valence-corrected chi connectivity index (χ0v) is 22.4. The normalized spacial score (nSPS) is 17.1. The maximum Gasteiger partial charge on any atom is 0.416 e. The number of aryl methyl sites for hydroxylation is 2. The van der Waals surface area contributed by atoms with Crippen LogP contribution in [0.15, 0.2) is 42.9 Å². The van der Waals surface area contributed by atoms with Gasteiger partial charge < -0.3 is 16.0 Å². The van der Waals surface area contributed by atoms with Crippen LogP contribution < -0.4 is 11.1 Å². The number of anilines is 2. The van der Waals surface area contributed by atoms with E-state index in [1.165, 1.54) is 36.8 Å². The smallest absolute Gasteiger partial charge is 0.382 e. The van der Waals surface area contributed by atoms with Crippen molar-refractivity contribution < 1.29 is 26.2 Å². The molecule has 0 bridgehead atoms. The van der Waals surface area contributed by atoms with Crippen molar-refractivity contribution in [3.05, 3.63) is 82.1 Å². The van der Waals surface area contributed by atoms with Crippen LogP contribution in [0.3, 0.4) is 0 Å². The first-order chi connectivity index (χ1) is 22.4. The van der Waals surface area contributed by atoms with Crippen LogP contribution in [-0.2, 0) is 12.7 Å². The third-order valence-corrected chi connectivity index (χ3v) is 6.73. The van der Waals surface area contributed by atoms with Gasteiger partial charge in [-0.25, -0.2) is 15.0 Å². The highest BCUT2D eigenvalue weighted by molar-refractivity contribution is 6.04. The number of hydrogen-bond donors (Lipinski definition) is 2. The third kappa shape index (κ3) is 6.48. The number of aromatic nitrogens is 4. The van der Waals surface area contributed by atoms with E-state index >= 15 is 0 Å².